The molecule has 0 bridgehead atoms. The van der Waals surface area contributed by atoms with Crippen LogP contribution < -0.4 is 0 Å². The summed E-state index contributed by atoms with van der Waals surface area (Å²) in [7, 11) is 0. The lowest BCUT2D eigenvalue weighted by molar-refractivity contribution is 0.102. The molecule has 0 aliphatic carbocycles. The van der Waals surface area contributed by atoms with Gasteiger partial charge >= 0.3 is 0 Å². The van der Waals surface area contributed by atoms with Gasteiger partial charge in [-0.05, 0) is 31.0 Å². The highest BCUT2D eigenvalue weighted by Gasteiger charge is 2.24. The molecule has 0 radical (unpaired) electrons. The van der Waals surface area contributed by atoms with E-state index in [1.165, 1.54) is 13.0 Å². The molecular weight excluding hydrogens is 272 g/mol. The van der Waals surface area contributed by atoms with Gasteiger partial charge in [0.25, 0.3) is 0 Å². The maximum Gasteiger partial charge on any atom is 0.202 e. The number of carbonyl (C=O) groups is 1. The van der Waals surface area contributed by atoms with Crippen LogP contribution in [0.5, 0.6) is 0 Å². The minimum absolute atomic E-state index is 0.260. The molecule has 0 saturated heterocycles. The summed E-state index contributed by atoms with van der Waals surface area (Å²) in [5, 5.41) is 0. The summed E-state index contributed by atoms with van der Waals surface area (Å²) in [6.07, 6.45) is 0. The van der Waals surface area contributed by atoms with Crippen molar-refractivity contribution in [2.24, 2.45) is 0 Å². The summed E-state index contributed by atoms with van der Waals surface area (Å²) < 4.78 is 53.8. The summed E-state index contributed by atoms with van der Waals surface area (Å²) >= 11 is 0. The third kappa shape index (κ3) is 2.43. The van der Waals surface area contributed by atoms with Crippen molar-refractivity contribution in [2.75, 3.05) is 0 Å². The molecule has 0 aliphatic heterocycles. The third-order valence-electron chi connectivity index (χ3n) is 2.89. The Morgan fingerprint density at radius 3 is 1.80 bits per heavy atom. The van der Waals surface area contributed by atoms with Gasteiger partial charge < -0.3 is 0 Å². The predicted octanol–water partition coefficient (Wildman–Crippen LogP) is 4.09. The van der Waals surface area contributed by atoms with Crippen molar-refractivity contribution in [1.82, 2.24) is 0 Å². The molecule has 2 rings (SSSR count). The van der Waals surface area contributed by atoms with E-state index in [1.807, 2.05) is 0 Å². The Balaban J connectivity index is 2.64. The summed E-state index contributed by atoms with van der Waals surface area (Å²) in [6.45, 7) is 3.09. The molecule has 0 fully saturated rings. The van der Waals surface area contributed by atoms with Gasteiger partial charge in [0.1, 0.15) is 23.3 Å². The second-order valence-corrected chi connectivity index (χ2v) is 4.51. The largest absolute Gasteiger partial charge is 0.288 e. The van der Waals surface area contributed by atoms with E-state index < -0.39 is 40.2 Å². The fourth-order valence-electron chi connectivity index (χ4n) is 2.09. The van der Waals surface area contributed by atoms with E-state index in [1.54, 1.807) is 6.92 Å². The molecule has 2 aromatic rings. The topological polar surface area (TPSA) is 17.1 Å². The van der Waals surface area contributed by atoms with Crippen LogP contribution in [0.15, 0.2) is 24.3 Å². The van der Waals surface area contributed by atoms with Gasteiger partial charge in [-0.15, -0.1) is 0 Å². The second kappa shape index (κ2) is 5.07. The van der Waals surface area contributed by atoms with Crippen molar-refractivity contribution in [3.05, 3.63) is 69.8 Å². The average Bonchev–Trinajstić information content (AvgIpc) is 2.25. The van der Waals surface area contributed by atoms with Crippen LogP contribution in [0.25, 0.3) is 0 Å². The molecule has 2 aromatic carbocycles. The number of hydrogen-bond donors (Lipinski definition) is 0. The van der Waals surface area contributed by atoms with Crippen molar-refractivity contribution in [2.45, 2.75) is 13.8 Å². The molecule has 20 heavy (non-hydrogen) atoms. The maximum atomic E-state index is 13.9. The lowest BCUT2D eigenvalue weighted by atomic mass is 9.96. The fourth-order valence-corrected chi connectivity index (χ4v) is 2.09. The molecule has 0 unspecified atom stereocenters. The zero-order valence-corrected chi connectivity index (χ0v) is 10.7. The molecule has 0 saturated carbocycles. The number of halogens is 4. The lowest BCUT2D eigenvalue weighted by Crippen LogP contribution is -2.12. The highest BCUT2D eigenvalue weighted by atomic mass is 19.1. The Bertz CT molecular complexity index is 602. The van der Waals surface area contributed by atoms with Crippen molar-refractivity contribution in [3.63, 3.8) is 0 Å². The zero-order chi connectivity index (χ0) is 15.0. The van der Waals surface area contributed by atoms with Crippen LogP contribution in [0.4, 0.5) is 17.6 Å². The van der Waals surface area contributed by atoms with Crippen LogP contribution in [-0.2, 0) is 0 Å². The number of aryl methyl sites for hydroxylation is 2. The molecule has 104 valence electrons. The minimum atomic E-state index is -1.35. The van der Waals surface area contributed by atoms with Gasteiger partial charge in [-0.1, -0.05) is 6.07 Å². The van der Waals surface area contributed by atoms with E-state index >= 15 is 0 Å². The van der Waals surface area contributed by atoms with E-state index in [0.717, 1.165) is 6.07 Å². The Kier molecular flexibility index (Phi) is 3.61. The highest BCUT2D eigenvalue weighted by molar-refractivity contribution is 6.10. The van der Waals surface area contributed by atoms with Gasteiger partial charge in [-0.2, -0.15) is 0 Å². The van der Waals surface area contributed by atoms with Crippen LogP contribution in [0.3, 0.4) is 0 Å². The zero-order valence-electron chi connectivity index (χ0n) is 10.7. The van der Waals surface area contributed by atoms with Crippen molar-refractivity contribution < 1.29 is 22.4 Å². The first-order valence-corrected chi connectivity index (χ1v) is 5.77. The molecule has 0 aliphatic rings. The summed E-state index contributed by atoms with van der Waals surface area (Å²) in [6, 6.07) is 3.39. The van der Waals surface area contributed by atoms with Crippen molar-refractivity contribution in [1.29, 1.82) is 0 Å². The summed E-state index contributed by atoms with van der Waals surface area (Å²) in [4.78, 5) is 12.1. The van der Waals surface area contributed by atoms with Crippen molar-refractivity contribution in [3.8, 4) is 0 Å². The third-order valence-corrected chi connectivity index (χ3v) is 2.89. The van der Waals surface area contributed by atoms with Crippen LogP contribution >= 0.6 is 0 Å². The van der Waals surface area contributed by atoms with E-state index in [0.29, 0.717) is 17.7 Å². The molecule has 0 N–H and O–H groups in total. The smallest absolute Gasteiger partial charge is 0.202 e. The van der Waals surface area contributed by atoms with E-state index in [2.05, 4.69) is 0 Å². The van der Waals surface area contributed by atoms with Gasteiger partial charge in [0.15, 0.2) is 0 Å². The Labute approximate surface area is 112 Å². The molecule has 0 atom stereocenters. The second-order valence-electron chi connectivity index (χ2n) is 4.51. The predicted molar refractivity (Wildman–Crippen MR) is 65.6 cm³/mol. The quantitative estimate of drug-likeness (QED) is 0.599. The monoisotopic (exact) mass is 282 g/mol. The van der Waals surface area contributed by atoms with E-state index in [9.17, 15) is 22.4 Å². The first kappa shape index (κ1) is 14.2. The number of carbonyl (C=O) groups excluding carboxylic acids is 1. The minimum Gasteiger partial charge on any atom is -0.288 e. The Morgan fingerprint density at radius 1 is 0.800 bits per heavy atom. The van der Waals surface area contributed by atoms with Crippen LogP contribution in [0.2, 0.25) is 0 Å². The summed E-state index contributed by atoms with van der Waals surface area (Å²) in [5.41, 5.74) is -0.538. The maximum absolute atomic E-state index is 13.9. The van der Waals surface area contributed by atoms with Crippen LogP contribution in [-0.4, -0.2) is 5.78 Å². The van der Waals surface area contributed by atoms with Crippen molar-refractivity contribution >= 4 is 5.78 Å². The molecule has 1 nitrogen and oxygen atoms in total. The first-order chi connectivity index (χ1) is 9.31. The van der Waals surface area contributed by atoms with Gasteiger partial charge in [0.05, 0.1) is 11.1 Å². The molecule has 0 heterocycles. The number of rotatable bonds is 2. The van der Waals surface area contributed by atoms with Crippen LogP contribution in [0.1, 0.15) is 27.0 Å². The fraction of sp³-hybridized carbons (Fsp3) is 0.133. The van der Waals surface area contributed by atoms with Gasteiger partial charge in [0.2, 0.25) is 5.78 Å². The molecular formula is C15H10F4O. The number of benzene rings is 2. The van der Waals surface area contributed by atoms with Gasteiger partial charge in [0, 0.05) is 12.1 Å². The summed E-state index contributed by atoms with van der Waals surface area (Å²) in [5.74, 6) is -5.86. The SMILES string of the molecule is Cc1cc(C)c(C(=O)c2c(F)cc(F)cc2F)c(F)c1. The molecule has 0 spiro atoms. The Morgan fingerprint density at radius 2 is 1.30 bits per heavy atom. The van der Waals surface area contributed by atoms with Gasteiger partial charge in [-0.3, -0.25) is 4.79 Å². The highest BCUT2D eigenvalue weighted by Crippen LogP contribution is 2.23. The molecule has 5 heteroatoms. The standard InChI is InChI=1S/C15H10F4O/c1-7-3-8(2)13(10(17)4-7)15(20)14-11(18)5-9(16)6-12(14)19/h3-6H,1-2H3. The van der Waals surface area contributed by atoms with Crippen LogP contribution in [0, 0.1) is 37.1 Å². The van der Waals surface area contributed by atoms with E-state index in [4.69, 9.17) is 0 Å². The van der Waals surface area contributed by atoms with E-state index in [-0.39, 0.29) is 5.56 Å². The lowest BCUT2D eigenvalue weighted by Gasteiger charge is -2.09. The number of hydrogen-bond acceptors (Lipinski definition) is 1. The molecule has 0 amide bonds. The normalized spacial score (nSPS) is 10.7. The first-order valence-electron chi connectivity index (χ1n) is 5.77. The number of ketones is 1. The molecule has 0 aromatic heterocycles. The average molecular weight is 282 g/mol. The van der Waals surface area contributed by atoms with Gasteiger partial charge in [-0.25, -0.2) is 17.6 Å². The Hall–Kier alpha value is -2.17.